The lowest BCUT2D eigenvalue weighted by Gasteiger charge is -2.15. The second kappa shape index (κ2) is 3.34. The molecule has 0 aliphatic carbocycles. The van der Waals surface area contributed by atoms with Crippen molar-refractivity contribution in [1.82, 2.24) is 10.2 Å². The van der Waals surface area contributed by atoms with Gasteiger partial charge in [-0.15, -0.1) is 0 Å². The summed E-state index contributed by atoms with van der Waals surface area (Å²) in [5.74, 6) is 0. The first-order valence-corrected chi connectivity index (χ1v) is 4.32. The summed E-state index contributed by atoms with van der Waals surface area (Å²) in [6.07, 6.45) is 2.30. The van der Waals surface area contributed by atoms with Crippen LogP contribution in [0.5, 0.6) is 0 Å². The summed E-state index contributed by atoms with van der Waals surface area (Å²) in [7, 11) is 0. The normalized spacial score (nSPS) is 11.7. The Hall–Kier alpha value is -1.09. The van der Waals surface area contributed by atoms with Gasteiger partial charge in [0, 0.05) is 17.7 Å². The van der Waals surface area contributed by atoms with E-state index in [1.807, 2.05) is 6.92 Å². The molecule has 1 rings (SSSR count). The fraction of sp³-hybridized carbons (Fsp3) is 0.500. The second-order valence-corrected chi connectivity index (χ2v) is 3.90. The van der Waals surface area contributed by atoms with Crippen LogP contribution in [0.1, 0.15) is 30.8 Å². The molecule has 0 bridgehead atoms. The maximum Gasteiger partial charge on any atom is 0.0725 e. The van der Waals surface area contributed by atoms with Crippen molar-refractivity contribution in [2.24, 2.45) is 0 Å². The zero-order valence-electron chi connectivity index (χ0n) is 8.39. The van der Waals surface area contributed by atoms with Crippen LogP contribution in [0.3, 0.4) is 0 Å². The molecule has 1 aromatic heterocycles. The molecule has 0 spiro atoms. The molecule has 0 amide bonds. The molecule has 0 aromatic carbocycles. The zero-order valence-corrected chi connectivity index (χ0v) is 8.39. The van der Waals surface area contributed by atoms with Gasteiger partial charge < -0.3 is 5.11 Å². The SMILES string of the molecule is C=Cc1c(CC(C)(C)O)n[nH]c1C. The third-order valence-electron chi connectivity index (χ3n) is 1.88. The van der Waals surface area contributed by atoms with Crippen LogP contribution < -0.4 is 0 Å². The third-order valence-corrected chi connectivity index (χ3v) is 1.88. The largest absolute Gasteiger partial charge is 0.390 e. The molecule has 3 nitrogen and oxygen atoms in total. The Balaban J connectivity index is 2.95. The topological polar surface area (TPSA) is 48.9 Å². The van der Waals surface area contributed by atoms with Gasteiger partial charge in [-0.3, -0.25) is 5.10 Å². The smallest absolute Gasteiger partial charge is 0.0725 e. The summed E-state index contributed by atoms with van der Waals surface area (Å²) in [5.41, 5.74) is 2.15. The molecule has 0 aliphatic heterocycles. The Morgan fingerprint density at radius 3 is 2.69 bits per heavy atom. The van der Waals surface area contributed by atoms with Gasteiger partial charge in [0.1, 0.15) is 0 Å². The van der Waals surface area contributed by atoms with Crippen LogP contribution in [0.15, 0.2) is 6.58 Å². The van der Waals surface area contributed by atoms with Crippen molar-refractivity contribution in [1.29, 1.82) is 0 Å². The maximum atomic E-state index is 9.61. The summed E-state index contributed by atoms with van der Waals surface area (Å²) in [5, 5.41) is 16.6. The van der Waals surface area contributed by atoms with Crippen LogP contribution in [-0.2, 0) is 6.42 Å². The van der Waals surface area contributed by atoms with Crippen LogP contribution in [-0.4, -0.2) is 20.9 Å². The van der Waals surface area contributed by atoms with E-state index >= 15 is 0 Å². The van der Waals surface area contributed by atoms with Gasteiger partial charge in [-0.1, -0.05) is 12.7 Å². The van der Waals surface area contributed by atoms with E-state index in [1.54, 1.807) is 19.9 Å². The van der Waals surface area contributed by atoms with Crippen molar-refractivity contribution in [2.75, 3.05) is 0 Å². The van der Waals surface area contributed by atoms with Crippen LogP contribution in [0.25, 0.3) is 6.08 Å². The Labute approximate surface area is 78.5 Å². The van der Waals surface area contributed by atoms with Crippen molar-refractivity contribution in [3.05, 3.63) is 23.5 Å². The van der Waals surface area contributed by atoms with E-state index in [2.05, 4.69) is 16.8 Å². The number of aliphatic hydroxyl groups is 1. The summed E-state index contributed by atoms with van der Waals surface area (Å²) >= 11 is 0. The minimum Gasteiger partial charge on any atom is -0.390 e. The van der Waals surface area contributed by atoms with Crippen molar-refractivity contribution in [2.45, 2.75) is 32.8 Å². The van der Waals surface area contributed by atoms with Crippen molar-refractivity contribution >= 4 is 6.08 Å². The van der Waals surface area contributed by atoms with E-state index in [0.717, 1.165) is 17.0 Å². The second-order valence-electron chi connectivity index (χ2n) is 3.90. The number of H-pyrrole nitrogens is 1. The van der Waals surface area contributed by atoms with Gasteiger partial charge in [-0.2, -0.15) is 5.10 Å². The van der Waals surface area contributed by atoms with Crippen LogP contribution in [0, 0.1) is 6.92 Å². The van der Waals surface area contributed by atoms with Gasteiger partial charge >= 0.3 is 0 Å². The summed E-state index contributed by atoms with van der Waals surface area (Å²) in [4.78, 5) is 0. The number of rotatable bonds is 3. The molecule has 1 heterocycles. The molecule has 0 radical (unpaired) electrons. The van der Waals surface area contributed by atoms with Gasteiger partial charge in [0.05, 0.1) is 11.3 Å². The van der Waals surface area contributed by atoms with Crippen LogP contribution >= 0.6 is 0 Å². The molecule has 0 unspecified atom stereocenters. The number of aromatic nitrogens is 2. The summed E-state index contributed by atoms with van der Waals surface area (Å²) in [6.45, 7) is 9.19. The first-order chi connectivity index (χ1) is 5.94. The Morgan fingerprint density at radius 1 is 1.62 bits per heavy atom. The predicted octanol–water partition coefficient (Wildman–Crippen LogP) is 1.67. The Kier molecular flexibility index (Phi) is 2.57. The van der Waals surface area contributed by atoms with Crippen molar-refractivity contribution < 1.29 is 5.11 Å². The van der Waals surface area contributed by atoms with Crippen molar-refractivity contribution in [3.8, 4) is 0 Å². The van der Waals surface area contributed by atoms with Crippen LogP contribution in [0.4, 0.5) is 0 Å². The van der Waals surface area contributed by atoms with Gasteiger partial charge in [-0.25, -0.2) is 0 Å². The highest BCUT2D eigenvalue weighted by molar-refractivity contribution is 5.52. The summed E-state index contributed by atoms with van der Waals surface area (Å²) < 4.78 is 0. The minimum atomic E-state index is -0.723. The van der Waals surface area contributed by atoms with E-state index in [0.29, 0.717) is 6.42 Å². The predicted molar refractivity (Wildman–Crippen MR) is 53.4 cm³/mol. The number of hydrogen-bond donors (Lipinski definition) is 2. The first-order valence-electron chi connectivity index (χ1n) is 4.32. The quantitative estimate of drug-likeness (QED) is 0.743. The lowest BCUT2D eigenvalue weighted by molar-refractivity contribution is 0.0799. The number of aryl methyl sites for hydroxylation is 1. The van der Waals surface area contributed by atoms with Gasteiger partial charge in [-0.05, 0) is 20.8 Å². The molecule has 0 atom stereocenters. The highest BCUT2D eigenvalue weighted by Crippen LogP contribution is 2.17. The monoisotopic (exact) mass is 180 g/mol. The molecule has 0 aliphatic rings. The van der Waals surface area contributed by atoms with E-state index in [-0.39, 0.29) is 0 Å². The van der Waals surface area contributed by atoms with E-state index < -0.39 is 5.60 Å². The zero-order chi connectivity index (χ0) is 10.1. The maximum absolute atomic E-state index is 9.61. The van der Waals surface area contributed by atoms with E-state index in [1.165, 1.54) is 0 Å². The van der Waals surface area contributed by atoms with E-state index in [9.17, 15) is 5.11 Å². The highest BCUT2D eigenvalue weighted by atomic mass is 16.3. The highest BCUT2D eigenvalue weighted by Gasteiger charge is 2.18. The minimum absolute atomic E-state index is 0.540. The lowest BCUT2D eigenvalue weighted by Crippen LogP contribution is -2.22. The molecule has 2 N–H and O–H groups in total. The van der Waals surface area contributed by atoms with Gasteiger partial charge in [0.25, 0.3) is 0 Å². The average molecular weight is 180 g/mol. The fourth-order valence-corrected chi connectivity index (χ4v) is 1.30. The molecule has 13 heavy (non-hydrogen) atoms. The summed E-state index contributed by atoms with van der Waals surface area (Å²) in [6, 6.07) is 0. The molecule has 0 saturated heterocycles. The van der Waals surface area contributed by atoms with Gasteiger partial charge in [0.2, 0.25) is 0 Å². The Bertz CT molecular complexity index is 307. The molecular weight excluding hydrogens is 164 g/mol. The number of nitrogens with zero attached hydrogens (tertiary/aromatic N) is 1. The molecule has 0 saturated carbocycles. The van der Waals surface area contributed by atoms with Gasteiger partial charge in [0.15, 0.2) is 0 Å². The molecule has 1 aromatic rings. The number of nitrogens with one attached hydrogen (secondary N) is 1. The lowest BCUT2D eigenvalue weighted by atomic mass is 10.00. The number of aromatic amines is 1. The number of hydrogen-bond acceptors (Lipinski definition) is 2. The average Bonchev–Trinajstić information content (AvgIpc) is 2.28. The molecule has 3 heteroatoms. The fourth-order valence-electron chi connectivity index (χ4n) is 1.30. The van der Waals surface area contributed by atoms with Crippen LogP contribution in [0.2, 0.25) is 0 Å². The molecule has 0 fully saturated rings. The first kappa shape index (κ1) is 9.99. The molecular formula is C10H16N2O. The molecule has 72 valence electrons. The third kappa shape index (κ3) is 2.42. The van der Waals surface area contributed by atoms with Crippen molar-refractivity contribution in [3.63, 3.8) is 0 Å². The Morgan fingerprint density at radius 2 is 2.23 bits per heavy atom. The van der Waals surface area contributed by atoms with E-state index in [4.69, 9.17) is 0 Å². The standard InChI is InChI=1S/C10H16N2O/c1-5-8-7(2)11-12-9(8)6-10(3,4)13/h5,13H,1,6H2,2-4H3,(H,11,12).